The lowest BCUT2D eigenvalue weighted by atomic mass is 9.76. The van der Waals surface area contributed by atoms with E-state index in [-0.39, 0.29) is 18.0 Å². The quantitative estimate of drug-likeness (QED) is 0.233. The Hall–Kier alpha value is -4.59. The molecule has 3 amide bonds. The van der Waals surface area contributed by atoms with Gasteiger partial charge in [-0.15, -0.1) is 5.10 Å². The van der Waals surface area contributed by atoms with Gasteiger partial charge in [0.25, 0.3) is 5.91 Å². The molecule has 3 aromatic rings. The second kappa shape index (κ2) is 16.0. The van der Waals surface area contributed by atoms with Crippen molar-refractivity contribution in [3.8, 4) is 5.75 Å². The summed E-state index contributed by atoms with van der Waals surface area (Å²) >= 11 is 13.0. The summed E-state index contributed by atoms with van der Waals surface area (Å²) in [6.45, 7) is 3.60. The molecule has 3 fully saturated rings. The van der Waals surface area contributed by atoms with Crippen molar-refractivity contribution in [2.45, 2.75) is 68.0 Å². The fraction of sp³-hybridized carbons (Fsp3) is 0.462. The Morgan fingerprint density at radius 2 is 1.74 bits per heavy atom. The number of carboxylic acid groups (broad SMARTS) is 1. The van der Waals surface area contributed by atoms with E-state index in [0.29, 0.717) is 73.3 Å². The van der Waals surface area contributed by atoms with Crippen LogP contribution in [0.1, 0.15) is 78.0 Å². The highest BCUT2D eigenvalue weighted by Gasteiger charge is 2.44. The summed E-state index contributed by atoms with van der Waals surface area (Å²) in [6, 6.07) is 13.6. The summed E-state index contributed by atoms with van der Waals surface area (Å²) in [5, 5.41) is 25.8. The van der Waals surface area contributed by atoms with Gasteiger partial charge < -0.3 is 29.9 Å². The standard InChI is InChI=1S/C39H44Cl2N8O5/c1-54-34-8-5-26(32-24-43-46-45-32)22-29(34)35(50)48-21-12-38(25-48,28-6-7-30(40)31(41)23-28)11-18-47-19-13-39(14-20-47,27-9-15-42-16-10-27)44-37(53)49-17-3-2-4-33(49)36(51)52/h5-10,15-16,22-24,32-33H,2-4,11-14,17-21,25H2,1H3,(H,44,53)(H,51,52). The number of aromatic nitrogens is 1. The lowest BCUT2D eigenvalue weighted by Gasteiger charge is -2.45. The SMILES string of the molecule is COc1ccc(C2C=NN=N2)cc1C(=O)N1CCC(CCN2CCC(NC(=O)N3CCCCC3C(=O)O)(c3ccncc3)CC2)(c2ccc(Cl)c(Cl)c2)C1. The molecule has 4 aliphatic heterocycles. The number of halogens is 2. The zero-order valence-corrected chi connectivity index (χ0v) is 31.7. The van der Waals surface area contributed by atoms with E-state index in [4.69, 9.17) is 27.9 Å². The molecule has 2 aromatic carbocycles. The van der Waals surface area contributed by atoms with Crippen LogP contribution in [0.15, 0.2) is 76.4 Å². The number of hydrogen-bond acceptors (Lipinski definition) is 9. The van der Waals surface area contributed by atoms with Crippen molar-refractivity contribution in [3.63, 3.8) is 0 Å². The largest absolute Gasteiger partial charge is 0.496 e. The predicted octanol–water partition coefficient (Wildman–Crippen LogP) is 6.70. The minimum atomic E-state index is -0.973. The molecule has 2 N–H and O–H groups in total. The zero-order chi connectivity index (χ0) is 37.9. The molecule has 4 aliphatic rings. The first-order valence-electron chi connectivity index (χ1n) is 18.4. The van der Waals surface area contributed by atoms with Crippen LogP contribution in [-0.4, -0.2) is 101 Å². The number of urea groups is 1. The van der Waals surface area contributed by atoms with Crippen LogP contribution in [0.3, 0.4) is 0 Å². The van der Waals surface area contributed by atoms with Gasteiger partial charge in [-0.05, 0) is 110 Å². The first-order chi connectivity index (χ1) is 26.1. The number of amides is 3. The zero-order valence-electron chi connectivity index (χ0n) is 30.2. The van der Waals surface area contributed by atoms with Gasteiger partial charge in [-0.2, -0.15) is 5.11 Å². The molecule has 13 nitrogen and oxygen atoms in total. The van der Waals surface area contributed by atoms with Gasteiger partial charge in [0, 0.05) is 50.5 Å². The molecule has 0 aliphatic carbocycles. The molecule has 0 radical (unpaired) electrons. The Labute approximate surface area is 324 Å². The molecule has 7 rings (SSSR count). The normalized spacial score (nSPS) is 23.8. The maximum atomic E-state index is 14.2. The number of hydrogen-bond donors (Lipinski definition) is 2. The summed E-state index contributed by atoms with van der Waals surface area (Å²) < 4.78 is 5.63. The number of aliphatic carboxylic acids is 1. The summed E-state index contributed by atoms with van der Waals surface area (Å²) in [6.07, 6.45) is 9.87. The molecule has 54 heavy (non-hydrogen) atoms. The van der Waals surface area contributed by atoms with E-state index in [0.717, 1.165) is 48.9 Å². The van der Waals surface area contributed by atoms with Crippen LogP contribution in [0.5, 0.6) is 5.75 Å². The highest BCUT2D eigenvalue weighted by atomic mass is 35.5. The minimum absolute atomic E-state index is 0.128. The number of piperidine rings is 2. The summed E-state index contributed by atoms with van der Waals surface area (Å²) in [5.74, 6) is -0.614. The van der Waals surface area contributed by atoms with E-state index in [1.807, 2.05) is 47.4 Å². The molecule has 0 spiro atoms. The van der Waals surface area contributed by atoms with E-state index in [9.17, 15) is 19.5 Å². The summed E-state index contributed by atoms with van der Waals surface area (Å²) in [4.78, 5) is 50.0. The van der Waals surface area contributed by atoms with E-state index < -0.39 is 23.0 Å². The van der Waals surface area contributed by atoms with Gasteiger partial charge >= 0.3 is 12.0 Å². The second-order valence-corrected chi connectivity index (χ2v) is 15.5. The number of carbonyl (C=O) groups excluding carboxylic acids is 2. The molecule has 1 aromatic heterocycles. The maximum absolute atomic E-state index is 14.2. The smallest absolute Gasteiger partial charge is 0.326 e. The van der Waals surface area contributed by atoms with E-state index in [1.165, 1.54) is 4.90 Å². The lowest BCUT2D eigenvalue weighted by Crippen LogP contribution is -2.59. The van der Waals surface area contributed by atoms with Gasteiger partial charge in [-0.3, -0.25) is 9.78 Å². The average molecular weight is 776 g/mol. The fourth-order valence-corrected chi connectivity index (χ4v) is 8.76. The van der Waals surface area contributed by atoms with E-state index in [2.05, 4.69) is 30.6 Å². The third kappa shape index (κ3) is 7.67. The van der Waals surface area contributed by atoms with Gasteiger partial charge in [0.2, 0.25) is 0 Å². The lowest BCUT2D eigenvalue weighted by molar-refractivity contribution is -0.143. The monoisotopic (exact) mass is 774 g/mol. The number of nitrogens with zero attached hydrogens (tertiary/aromatic N) is 7. The Bertz CT molecular complexity index is 1930. The third-order valence-corrected chi connectivity index (χ3v) is 12.4. The molecule has 5 heterocycles. The number of nitrogens with one attached hydrogen (secondary N) is 1. The van der Waals surface area contributed by atoms with Crippen LogP contribution in [0.4, 0.5) is 4.79 Å². The van der Waals surface area contributed by atoms with Crippen LogP contribution in [-0.2, 0) is 15.7 Å². The molecule has 3 atom stereocenters. The minimum Gasteiger partial charge on any atom is -0.496 e. The van der Waals surface area contributed by atoms with Crippen LogP contribution in [0.25, 0.3) is 0 Å². The molecule has 3 unspecified atom stereocenters. The molecular weight excluding hydrogens is 731 g/mol. The first kappa shape index (κ1) is 37.7. The fourth-order valence-electron chi connectivity index (χ4n) is 8.46. The molecule has 3 saturated heterocycles. The maximum Gasteiger partial charge on any atom is 0.326 e. The van der Waals surface area contributed by atoms with Gasteiger partial charge in [0.05, 0.1) is 34.5 Å². The number of benzene rings is 2. The number of pyridine rings is 1. The van der Waals surface area contributed by atoms with Crippen molar-refractivity contribution in [3.05, 3.63) is 93.2 Å². The van der Waals surface area contributed by atoms with Crippen molar-refractivity contribution in [2.24, 2.45) is 15.4 Å². The Balaban J connectivity index is 1.09. The average Bonchev–Trinajstić information content (AvgIpc) is 3.91. The molecular formula is C39H44Cl2N8O5. The highest BCUT2D eigenvalue weighted by Crippen LogP contribution is 2.42. The van der Waals surface area contributed by atoms with Crippen LogP contribution >= 0.6 is 23.2 Å². The number of likely N-dealkylation sites (tertiary alicyclic amines) is 3. The topological polar surface area (TPSA) is 152 Å². The Morgan fingerprint density at radius 1 is 0.944 bits per heavy atom. The van der Waals surface area contributed by atoms with E-state index in [1.54, 1.807) is 31.8 Å². The van der Waals surface area contributed by atoms with Gasteiger partial charge in [0.15, 0.2) is 0 Å². The predicted molar refractivity (Wildman–Crippen MR) is 204 cm³/mol. The van der Waals surface area contributed by atoms with Gasteiger partial charge in [-0.1, -0.05) is 35.3 Å². The Morgan fingerprint density at radius 3 is 2.44 bits per heavy atom. The number of methoxy groups -OCH3 is 1. The van der Waals surface area contributed by atoms with E-state index >= 15 is 0 Å². The second-order valence-electron chi connectivity index (χ2n) is 14.6. The first-order valence-corrected chi connectivity index (χ1v) is 19.2. The summed E-state index contributed by atoms with van der Waals surface area (Å²) in [7, 11) is 1.56. The Kier molecular flexibility index (Phi) is 11.2. The number of carboxylic acids is 1. The summed E-state index contributed by atoms with van der Waals surface area (Å²) in [5.41, 5.74) is 2.18. The van der Waals surface area contributed by atoms with Crippen LogP contribution in [0, 0.1) is 0 Å². The van der Waals surface area contributed by atoms with Crippen molar-refractivity contribution in [1.29, 1.82) is 0 Å². The van der Waals surface area contributed by atoms with Gasteiger partial charge in [-0.25, -0.2) is 9.59 Å². The van der Waals surface area contributed by atoms with Crippen molar-refractivity contribution >= 4 is 47.3 Å². The number of ether oxygens (including phenoxy) is 1. The third-order valence-electron chi connectivity index (χ3n) is 11.6. The van der Waals surface area contributed by atoms with Crippen molar-refractivity contribution < 1.29 is 24.2 Å². The van der Waals surface area contributed by atoms with Crippen LogP contribution < -0.4 is 10.1 Å². The molecule has 284 valence electrons. The molecule has 15 heteroatoms. The van der Waals surface area contributed by atoms with Crippen molar-refractivity contribution in [1.82, 2.24) is 25.0 Å². The van der Waals surface area contributed by atoms with Crippen molar-refractivity contribution in [2.75, 3.05) is 46.4 Å². The number of carbonyl (C=O) groups is 3. The van der Waals surface area contributed by atoms with Crippen LogP contribution in [0.2, 0.25) is 10.0 Å². The highest BCUT2D eigenvalue weighted by molar-refractivity contribution is 6.42. The van der Waals surface area contributed by atoms with Gasteiger partial charge in [0.1, 0.15) is 17.8 Å². The molecule has 0 bridgehead atoms. The number of rotatable bonds is 10. The molecule has 0 saturated carbocycles.